The lowest BCUT2D eigenvalue weighted by Gasteiger charge is -1.93. The summed E-state index contributed by atoms with van der Waals surface area (Å²) < 4.78 is 0.345. The highest BCUT2D eigenvalue weighted by molar-refractivity contribution is 9.10. The van der Waals surface area contributed by atoms with Gasteiger partial charge in [-0.1, -0.05) is 0 Å². The fourth-order valence-corrected chi connectivity index (χ4v) is 0.733. The van der Waals surface area contributed by atoms with Crippen LogP contribution in [0.15, 0.2) is 16.9 Å². The van der Waals surface area contributed by atoms with Crippen LogP contribution in [-0.2, 0) is 0 Å². The average molecular weight is 202 g/mol. The maximum atomic E-state index is 10.1. The molecule has 0 radical (unpaired) electrons. The van der Waals surface area contributed by atoms with Crippen LogP contribution < -0.4 is 0 Å². The number of nitrogens with zero attached hydrogens (tertiary/aromatic N) is 1. The van der Waals surface area contributed by atoms with E-state index in [4.69, 9.17) is 5.11 Å². The van der Waals surface area contributed by atoms with Crippen LogP contribution >= 0.6 is 15.9 Å². The second-order valence-electron chi connectivity index (χ2n) is 1.70. The number of carbonyl (C=O) groups is 1. The Bertz CT molecular complexity index is 262. The highest BCUT2D eigenvalue weighted by Crippen LogP contribution is 2.20. The number of hydrogen-bond acceptors (Lipinski definition) is 3. The predicted octanol–water partition coefficient (Wildman–Crippen LogP) is 1.36. The first-order valence-electron chi connectivity index (χ1n) is 2.53. The molecule has 0 saturated heterocycles. The van der Waals surface area contributed by atoms with Crippen LogP contribution in [0.2, 0.25) is 0 Å². The topological polar surface area (TPSA) is 50.2 Å². The highest BCUT2D eigenvalue weighted by Gasteiger charge is 1.98. The van der Waals surface area contributed by atoms with Crippen molar-refractivity contribution >= 4 is 22.2 Å². The first kappa shape index (κ1) is 7.21. The molecule has 4 heteroatoms. The standard InChI is InChI=1S/C6H4BrNO2/c7-6-5(10)1-4(3-9)2-8-6/h1-3,10H. The lowest BCUT2D eigenvalue weighted by Crippen LogP contribution is -1.82. The Labute approximate surface area is 65.8 Å². The van der Waals surface area contributed by atoms with Crippen molar-refractivity contribution in [3.05, 3.63) is 22.4 Å². The summed E-state index contributed by atoms with van der Waals surface area (Å²) in [6.45, 7) is 0. The van der Waals surface area contributed by atoms with Crippen LogP contribution in [0.5, 0.6) is 5.75 Å². The Morgan fingerprint density at radius 3 is 2.90 bits per heavy atom. The van der Waals surface area contributed by atoms with E-state index in [1.54, 1.807) is 0 Å². The summed E-state index contributed by atoms with van der Waals surface area (Å²) in [5.41, 5.74) is 0.362. The van der Waals surface area contributed by atoms with Gasteiger partial charge in [0.15, 0.2) is 6.29 Å². The van der Waals surface area contributed by atoms with Gasteiger partial charge in [0.2, 0.25) is 0 Å². The van der Waals surface area contributed by atoms with E-state index in [1.165, 1.54) is 12.3 Å². The van der Waals surface area contributed by atoms with Crippen LogP contribution in [0, 0.1) is 0 Å². The molecule has 1 heterocycles. The van der Waals surface area contributed by atoms with Gasteiger partial charge in [0.1, 0.15) is 10.4 Å². The molecule has 1 N–H and O–H groups in total. The van der Waals surface area contributed by atoms with Gasteiger partial charge in [0.05, 0.1) is 0 Å². The number of aromatic nitrogens is 1. The number of pyridine rings is 1. The van der Waals surface area contributed by atoms with Crippen molar-refractivity contribution in [2.24, 2.45) is 0 Å². The fraction of sp³-hybridized carbons (Fsp3) is 0. The van der Waals surface area contributed by atoms with Crippen molar-refractivity contribution in [2.45, 2.75) is 0 Å². The molecule has 1 aromatic rings. The molecule has 3 nitrogen and oxygen atoms in total. The Morgan fingerprint density at radius 2 is 2.40 bits per heavy atom. The molecule has 52 valence electrons. The molecule has 0 amide bonds. The minimum Gasteiger partial charge on any atom is -0.505 e. The SMILES string of the molecule is O=Cc1cnc(Br)c(O)c1. The Hall–Kier alpha value is -0.900. The summed E-state index contributed by atoms with van der Waals surface area (Å²) in [5, 5.41) is 8.96. The molecule has 0 bridgehead atoms. The van der Waals surface area contributed by atoms with Crippen LogP contribution in [0.25, 0.3) is 0 Å². The smallest absolute Gasteiger partial charge is 0.151 e. The number of hydrogen-bond donors (Lipinski definition) is 1. The Balaban J connectivity index is 3.16. The summed E-state index contributed by atoms with van der Waals surface area (Å²) in [5.74, 6) is -0.0235. The van der Waals surface area contributed by atoms with E-state index in [0.29, 0.717) is 16.5 Å². The molecule has 1 aromatic heterocycles. The molecule has 0 aliphatic heterocycles. The maximum absolute atomic E-state index is 10.1. The molecule has 10 heavy (non-hydrogen) atoms. The third-order valence-corrected chi connectivity index (χ3v) is 1.59. The monoisotopic (exact) mass is 201 g/mol. The second-order valence-corrected chi connectivity index (χ2v) is 2.45. The van der Waals surface area contributed by atoms with Crippen molar-refractivity contribution < 1.29 is 9.90 Å². The molecule has 0 spiro atoms. The molecule has 0 aromatic carbocycles. The van der Waals surface area contributed by atoms with E-state index in [2.05, 4.69) is 20.9 Å². The minimum atomic E-state index is -0.0235. The van der Waals surface area contributed by atoms with Gasteiger partial charge in [0.25, 0.3) is 0 Å². The molecule has 0 atom stereocenters. The van der Waals surface area contributed by atoms with Crippen LogP contribution in [0.3, 0.4) is 0 Å². The zero-order chi connectivity index (χ0) is 7.56. The second kappa shape index (κ2) is 2.79. The van der Waals surface area contributed by atoms with Crippen LogP contribution in [-0.4, -0.2) is 16.4 Å². The molecule has 0 aliphatic rings. The minimum absolute atomic E-state index is 0.0235. The van der Waals surface area contributed by atoms with Gasteiger partial charge >= 0.3 is 0 Å². The van der Waals surface area contributed by atoms with Crippen molar-refractivity contribution in [1.29, 1.82) is 0 Å². The maximum Gasteiger partial charge on any atom is 0.151 e. The van der Waals surface area contributed by atoms with E-state index >= 15 is 0 Å². The van der Waals surface area contributed by atoms with Crippen molar-refractivity contribution in [3.8, 4) is 5.75 Å². The highest BCUT2D eigenvalue weighted by atomic mass is 79.9. The third kappa shape index (κ3) is 1.33. The number of aromatic hydroxyl groups is 1. The first-order chi connectivity index (χ1) is 4.74. The van der Waals surface area contributed by atoms with Gasteiger partial charge < -0.3 is 5.11 Å². The van der Waals surface area contributed by atoms with Crippen LogP contribution in [0.4, 0.5) is 0 Å². The summed E-state index contributed by atoms with van der Waals surface area (Å²) >= 11 is 2.98. The Morgan fingerprint density at radius 1 is 1.70 bits per heavy atom. The summed E-state index contributed by atoms with van der Waals surface area (Å²) in [4.78, 5) is 13.8. The molecule has 0 aliphatic carbocycles. The average Bonchev–Trinajstić information content (AvgIpc) is 1.95. The number of rotatable bonds is 1. The van der Waals surface area contributed by atoms with Gasteiger partial charge in [-0.2, -0.15) is 0 Å². The van der Waals surface area contributed by atoms with Gasteiger partial charge in [0, 0.05) is 11.8 Å². The van der Waals surface area contributed by atoms with Gasteiger partial charge in [-0.3, -0.25) is 4.79 Å². The van der Waals surface area contributed by atoms with E-state index in [1.807, 2.05) is 0 Å². The quantitative estimate of drug-likeness (QED) is 0.552. The third-order valence-electron chi connectivity index (χ3n) is 0.978. The zero-order valence-corrected chi connectivity index (χ0v) is 6.50. The van der Waals surface area contributed by atoms with E-state index < -0.39 is 0 Å². The van der Waals surface area contributed by atoms with Crippen LogP contribution in [0.1, 0.15) is 10.4 Å². The van der Waals surface area contributed by atoms with Gasteiger partial charge in [-0.05, 0) is 22.0 Å². The van der Waals surface area contributed by atoms with Crippen molar-refractivity contribution in [1.82, 2.24) is 4.98 Å². The van der Waals surface area contributed by atoms with Gasteiger partial charge in [-0.15, -0.1) is 0 Å². The summed E-state index contributed by atoms with van der Waals surface area (Å²) in [6, 6.07) is 1.34. The van der Waals surface area contributed by atoms with Crippen molar-refractivity contribution in [2.75, 3.05) is 0 Å². The number of aldehydes is 1. The molecule has 1 rings (SSSR count). The predicted molar refractivity (Wildman–Crippen MR) is 39.0 cm³/mol. The first-order valence-corrected chi connectivity index (χ1v) is 3.33. The number of carbonyl (C=O) groups excluding carboxylic acids is 1. The van der Waals surface area contributed by atoms with E-state index in [9.17, 15) is 4.79 Å². The molecule has 0 saturated carbocycles. The molecular weight excluding hydrogens is 198 g/mol. The van der Waals surface area contributed by atoms with E-state index in [-0.39, 0.29) is 5.75 Å². The normalized spacial score (nSPS) is 9.30. The lowest BCUT2D eigenvalue weighted by molar-refractivity contribution is 0.112. The van der Waals surface area contributed by atoms with Crippen molar-refractivity contribution in [3.63, 3.8) is 0 Å². The summed E-state index contributed by atoms with van der Waals surface area (Å²) in [6.07, 6.45) is 2.00. The molecule has 0 unspecified atom stereocenters. The fourth-order valence-electron chi connectivity index (χ4n) is 0.516. The number of halogens is 1. The Kier molecular flexibility index (Phi) is 2.01. The largest absolute Gasteiger partial charge is 0.505 e. The molecule has 0 fully saturated rings. The zero-order valence-electron chi connectivity index (χ0n) is 4.91. The van der Waals surface area contributed by atoms with Gasteiger partial charge in [-0.25, -0.2) is 4.98 Å². The summed E-state index contributed by atoms with van der Waals surface area (Å²) in [7, 11) is 0. The molecular formula is C6H4BrNO2. The van der Waals surface area contributed by atoms with E-state index in [0.717, 1.165) is 0 Å². The lowest BCUT2D eigenvalue weighted by atomic mass is 10.3.